The summed E-state index contributed by atoms with van der Waals surface area (Å²) in [5.74, 6) is 1.51. The Morgan fingerprint density at radius 1 is 1.14 bits per heavy atom. The van der Waals surface area contributed by atoms with Crippen molar-refractivity contribution in [2.24, 2.45) is 17.8 Å². The van der Waals surface area contributed by atoms with E-state index in [0.29, 0.717) is 29.0 Å². The van der Waals surface area contributed by atoms with Gasteiger partial charge in [0.25, 0.3) is 11.8 Å². The first-order valence-electron chi connectivity index (χ1n) is 7.56. The van der Waals surface area contributed by atoms with Crippen molar-refractivity contribution in [2.45, 2.75) is 25.8 Å². The van der Waals surface area contributed by atoms with E-state index in [2.05, 4.69) is 29.7 Å². The maximum absolute atomic E-state index is 11.7. The molecule has 4 nitrogen and oxygen atoms in total. The molecule has 4 unspecified atom stereocenters. The number of fused-ring (bicyclic) bond motifs is 3. The van der Waals surface area contributed by atoms with Crippen molar-refractivity contribution in [3.63, 3.8) is 0 Å². The van der Waals surface area contributed by atoms with Gasteiger partial charge in [-0.1, -0.05) is 12.2 Å². The van der Waals surface area contributed by atoms with E-state index in [1.165, 1.54) is 12.8 Å². The lowest BCUT2D eigenvalue weighted by molar-refractivity contribution is 0.0879. The number of allylic oxidation sites excluding steroid dienone is 2. The van der Waals surface area contributed by atoms with Gasteiger partial charge in [-0.2, -0.15) is 0 Å². The smallest absolute Gasteiger partial charge is 0.259 e. The molecule has 1 fully saturated rings. The van der Waals surface area contributed by atoms with Gasteiger partial charge in [0.1, 0.15) is 0 Å². The Morgan fingerprint density at radius 3 is 2.67 bits per heavy atom. The van der Waals surface area contributed by atoms with Crippen LogP contribution in [0.2, 0.25) is 0 Å². The van der Waals surface area contributed by atoms with Crippen molar-refractivity contribution in [1.29, 1.82) is 0 Å². The molecule has 0 spiro atoms. The molecule has 2 amide bonds. The van der Waals surface area contributed by atoms with E-state index in [4.69, 9.17) is 0 Å². The van der Waals surface area contributed by atoms with Gasteiger partial charge in [-0.25, -0.2) is 0 Å². The molecule has 21 heavy (non-hydrogen) atoms. The highest BCUT2D eigenvalue weighted by atomic mass is 16.2. The van der Waals surface area contributed by atoms with Gasteiger partial charge in [-0.3, -0.25) is 14.9 Å². The molecule has 1 aromatic carbocycles. The fourth-order valence-electron chi connectivity index (χ4n) is 4.03. The average Bonchev–Trinajstić information content (AvgIpc) is 3.15. The van der Waals surface area contributed by atoms with Gasteiger partial charge >= 0.3 is 0 Å². The number of anilines is 1. The highest BCUT2D eigenvalue weighted by Crippen LogP contribution is 2.45. The van der Waals surface area contributed by atoms with Crippen molar-refractivity contribution in [2.75, 3.05) is 5.32 Å². The second kappa shape index (κ2) is 4.45. The van der Waals surface area contributed by atoms with E-state index in [0.717, 1.165) is 11.6 Å². The number of carbonyl (C=O) groups excluding carboxylic acids is 2. The Kier molecular flexibility index (Phi) is 2.67. The standard InChI is InChI=1S/C17H18N2O2/c1-9(14-7-10-2-3-11(14)6-10)18-12-4-5-13-15(8-12)17(21)19-16(13)20/h2-5,8-11,14,18H,6-7H2,1H3,(H,19,20,21). The first-order valence-corrected chi connectivity index (χ1v) is 7.56. The van der Waals surface area contributed by atoms with Gasteiger partial charge in [-0.15, -0.1) is 0 Å². The third kappa shape index (κ3) is 1.97. The number of imide groups is 1. The molecule has 0 saturated heterocycles. The van der Waals surface area contributed by atoms with Crippen LogP contribution in [0.25, 0.3) is 0 Å². The molecule has 4 heteroatoms. The van der Waals surface area contributed by atoms with Gasteiger partial charge in [-0.05, 0) is 55.7 Å². The number of nitrogens with one attached hydrogen (secondary N) is 2. The van der Waals surface area contributed by atoms with Crippen molar-refractivity contribution in [3.05, 3.63) is 41.5 Å². The molecule has 1 heterocycles. The highest BCUT2D eigenvalue weighted by Gasteiger charge is 2.38. The van der Waals surface area contributed by atoms with E-state index in [9.17, 15) is 9.59 Å². The topological polar surface area (TPSA) is 58.2 Å². The van der Waals surface area contributed by atoms with Crippen LogP contribution in [-0.4, -0.2) is 17.9 Å². The van der Waals surface area contributed by atoms with E-state index in [-0.39, 0.29) is 11.8 Å². The Hall–Kier alpha value is -2.10. The van der Waals surface area contributed by atoms with Gasteiger partial charge in [0.2, 0.25) is 0 Å². The minimum Gasteiger partial charge on any atom is -0.382 e. The molecule has 2 N–H and O–H groups in total. The zero-order chi connectivity index (χ0) is 14.6. The first-order chi connectivity index (χ1) is 10.1. The summed E-state index contributed by atoms with van der Waals surface area (Å²) in [6.07, 6.45) is 7.24. The second-order valence-electron chi connectivity index (χ2n) is 6.42. The fourth-order valence-corrected chi connectivity index (χ4v) is 4.03. The summed E-state index contributed by atoms with van der Waals surface area (Å²) in [7, 11) is 0. The maximum atomic E-state index is 11.7. The van der Waals surface area contributed by atoms with Crippen LogP contribution in [0, 0.1) is 17.8 Å². The second-order valence-corrected chi connectivity index (χ2v) is 6.42. The Morgan fingerprint density at radius 2 is 1.95 bits per heavy atom. The number of benzene rings is 1. The monoisotopic (exact) mass is 282 g/mol. The molecule has 0 radical (unpaired) electrons. The van der Waals surface area contributed by atoms with Gasteiger partial charge in [0.15, 0.2) is 0 Å². The van der Waals surface area contributed by atoms with Crippen LogP contribution in [-0.2, 0) is 0 Å². The van der Waals surface area contributed by atoms with Crippen molar-refractivity contribution < 1.29 is 9.59 Å². The van der Waals surface area contributed by atoms with E-state index < -0.39 is 0 Å². The third-order valence-corrected chi connectivity index (χ3v) is 5.10. The predicted octanol–water partition coefficient (Wildman–Crippen LogP) is 2.58. The average molecular weight is 282 g/mol. The van der Waals surface area contributed by atoms with Crippen LogP contribution in [0.5, 0.6) is 0 Å². The van der Waals surface area contributed by atoms with Crippen molar-refractivity contribution in [1.82, 2.24) is 5.32 Å². The third-order valence-electron chi connectivity index (χ3n) is 5.10. The van der Waals surface area contributed by atoms with Gasteiger partial charge in [0.05, 0.1) is 11.1 Å². The van der Waals surface area contributed by atoms with E-state index in [1.54, 1.807) is 12.1 Å². The number of rotatable bonds is 3. The Balaban J connectivity index is 1.53. The lowest BCUT2D eigenvalue weighted by Gasteiger charge is -2.27. The molecule has 4 rings (SSSR count). The lowest BCUT2D eigenvalue weighted by atomic mass is 9.87. The molecular formula is C17H18N2O2. The molecule has 1 aromatic rings. The largest absolute Gasteiger partial charge is 0.382 e. The quantitative estimate of drug-likeness (QED) is 0.662. The van der Waals surface area contributed by atoms with Crippen molar-refractivity contribution in [3.8, 4) is 0 Å². The summed E-state index contributed by atoms with van der Waals surface area (Å²) >= 11 is 0. The molecule has 0 aromatic heterocycles. The Bertz CT molecular complexity index is 665. The molecule has 1 saturated carbocycles. The molecular weight excluding hydrogens is 264 g/mol. The molecule has 108 valence electrons. The predicted molar refractivity (Wildman–Crippen MR) is 80.2 cm³/mol. The maximum Gasteiger partial charge on any atom is 0.259 e. The minimum absolute atomic E-state index is 0.297. The summed E-state index contributed by atoms with van der Waals surface area (Å²) in [4.78, 5) is 23.3. The number of hydrogen-bond donors (Lipinski definition) is 2. The summed E-state index contributed by atoms with van der Waals surface area (Å²) in [6, 6.07) is 5.76. The number of hydrogen-bond acceptors (Lipinski definition) is 3. The minimum atomic E-state index is -0.298. The van der Waals surface area contributed by atoms with Crippen LogP contribution >= 0.6 is 0 Å². The number of amides is 2. The fraction of sp³-hybridized carbons (Fsp3) is 0.412. The lowest BCUT2D eigenvalue weighted by Crippen LogP contribution is -2.28. The first kappa shape index (κ1) is 12.6. The zero-order valence-corrected chi connectivity index (χ0v) is 11.9. The SMILES string of the molecule is CC(Nc1ccc2c(c1)C(=O)NC2=O)C1CC2C=CC1C2. The van der Waals surface area contributed by atoms with Crippen LogP contribution in [0.4, 0.5) is 5.69 Å². The van der Waals surface area contributed by atoms with Crippen LogP contribution in [0.1, 0.15) is 40.5 Å². The molecule has 2 aliphatic carbocycles. The van der Waals surface area contributed by atoms with E-state index in [1.807, 2.05) is 6.07 Å². The summed E-state index contributed by atoms with van der Waals surface area (Å²) in [5, 5.41) is 5.83. The Labute approximate surface area is 123 Å². The van der Waals surface area contributed by atoms with Crippen molar-refractivity contribution >= 4 is 17.5 Å². The summed E-state index contributed by atoms with van der Waals surface area (Å²) in [5.41, 5.74) is 1.86. The van der Waals surface area contributed by atoms with Gasteiger partial charge in [0, 0.05) is 11.7 Å². The molecule has 2 bridgehead atoms. The number of carbonyl (C=O) groups is 2. The zero-order valence-electron chi connectivity index (χ0n) is 11.9. The molecule has 3 aliphatic rings. The highest BCUT2D eigenvalue weighted by molar-refractivity contribution is 6.21. The molecule has 1 aliphatic heterocycles. The molecule has 4 atom stereocenters. The summed E-state index contributed by atoms with van der Waals surface area (Å²) in [6.45, 7) is 2.21. The van der Waals surface area contributed by atoms with Crippen LogP contribution < -0.4 is 10.6 Å². The van der Waals surface area contributed by atoms with Crippen LogP contribution in [0.3, 0.4) is 0 Å². The summed E-state index contributed by atoms with van der Waals surface area (Å²) < 4.78 is 0. The normalized spacial score (nSPS) is 30.4. The van der Waals surface area contributed by atoms with Crippen LogP contribution in [0.15, 0.2) is 30.4 Å². The van der Waals surface area contributed by atoms with E-state index >= 15 is 0 Å². The van der Waals surface area contributed by atoms with Gasteiger partial charge < -0.3 is 5.32 Å².